The molecule has 3 fully saturated rings. The zero-order valence-corrected chi connectivity index (χ0v) is 29.4. The number of ether oxygens (including phenoxy) is 9. The Labute approximate surface area is 307 Å². The lowest BCUT2D eigenvalue weighted by Crippen LogP contribution is -2.69. The third-order valence-corrected chi connectivity index (χ3v) is 8.48. The van der Waals surface area contributed by atoms with E-state index in [0.29, 0.717) is 0 Å². The van der Waals surface area contributed by atoms with Crippen molar-refractivity contribution in [2.45, 2.75) is 112 Å². The zero-order valence-electron chi connectivity index (χ0n) is 29.4. The highest BCUT2D eigenvalue weighted by atomic mass is 19.4. The van der Waals surface area contributed by atoms with Gasteiger partial charge in [-0.25, -0.2) is 0 Å². The van der Waals surface area contributed by atoms with Gasteiger partial charge < -0.3 is 94.1 Å². The molecule has 15 unspecified atom stereocenters. The Hall–Kier alpha value is -1.95. The smallest absolute Gasteiger partial charge is 0.394 e. The summed E-state index contributed by atoms with van der Waals surface area (Å²) in [5, 5.41) is 87.5. The SMILES string of the molecule is CC(=O)NC1C(OC2C(O)C(CO)OC(OCCOCCOCCOCCNC(=O)C(F)(F)F)C2OC2OC(C)C(O)C(O)C2O)OC(CO)C(O)C1O. The summed E-state index contributed by atoms with van der Waals surface area (Å²) in [4.78, 5) is 22.7. The minimum Gasteiger partial charge on any atom is -0.394 e. The molecule has 0 aromatic rings. The summed E-state index contributed by atoms with van der Waals surface area (Å²) in [5.74, 6) is -2.74. The van der Waals surface area contributed by atoms with Gasteiger partial charge in [0.25, 0.3) is 0 Å². The third-order valence-electron chi connectivity index (χ3n) is 8.48. The highest BCUT2D eigenvalue weighted by Gasteiger charge is 2.54. The van der Waals surface area contributed by atoms with Crippen LogP contribution >= 0.6 is 0 Å². The van der Waals surface area contributed by atoms with E-state index in [1.165, 1.54) is 6.92 Å². The summed E-state index contributed by atoms with van der Waals surface area (Å²) in [7, 11) is 0. The molecule has 316 valence electrons. The van der Waals surface area contributed by atoms with Crippen LogP contribution in [0.2, 0.25) is 0 Å². The van der Waals surface area contributed by atoms with Crippen molar-refractivity contribution in [1.29, 1.82) is 0 Å². The van der Waals surface area contributed by atoms with Crippen molar-refractivity contribution in [2.24, 2.45) is 0 Å². The fraction of sp³-hybridized carbons (Fsp3) is 0.933. The molecule has 24 heteroatoms. The predicted molar refractivity (Wildman–Crippen MR) is 167 cm³/mol. The average Bonchev–Trinajstić information content (AvgIpc) is 3.12. The van der Waals surface area contributed by atoms with Gasteiger partial charge in [0, 0.05) is 13.5 Å². The number of nitrogens with one attached hydrogen (secondary N) is 2. The molecule has 0 radical (unpaired) electrons. The van der Waals surface area contributed by atoms with Crippen LogP contribution in [-0.4, -0.2) is 217 Å². The second-order valence-corrected chi connectivity index (χ2v) is 12.5. The molecule has 15 atom stereocenters. The first-order valence-corrected chi connectivity index (χ1v) is 17.1. The van der Waals surface area contributed by atoms with Crippen molar-refractivity contribution in [1.82, 2.24) is 10.6 Å². The molecule has 0 spiro atoms. The quantitative estimate of drug-likeness (QED) is 0.0513. The van der Waals surface area contributed by atoms with E-state index in [4.69, 9.17) is 42.6 Å². The van der Waals surface area contributed by atoms with Crippen LogP contribution in [0.1, 0.15) is 13.8 Å². The second-order valence-electron chi connectivity index (χ2n) is 12.5. The first-order chi connectivity index (χ1) is 25.5. The molecule has 0 aliphatic carbocycles. The number of rotatable bonds is 20. The maximum absolute atomic E-state index is 12.2. The number of hydrogen-bond acceptors (Lipinski definition) is 19. The second kappa shape index (κ2) is 22.1. The van der Waals surface area contributed by atoms with Gasteiger partial charge in [0.1, 0.15) is 67.1 Å². The molecule has 3 saturated heterocycles. The first kappa shape index (κ1) is 46.4. The van der Waals surface area contributed by atoms with Crippen LogP contribution in [0.4, 0.5) is 13.2 Å². The van der Waals surface area contributed by atoms with Gasteiger partial charge in [-0.2, -0.15) is 13.2 Å². The maximum atomic E-state index is 12.2. The van der Waals surface area contributed by atoms with Gasteiger partial charge in [-0.05, 0) is 6.92 Å². The van der Waals surface area contributed by atoms with Crippen LogP contribution in [0.25, 0.3) is 0 Å². The highest BCUT2D eigenvalue weighted by Crippen LogP contribution is 2.34. The first-order valence-electron chi connectivity index (χ1n) is 17.1. The fourth-order valence-corrected chi connectivity index (χ4v) is 5.60. The molecule has 3 aliphatic rings. The van der Waals surface area contributed by atoms with E-state index in [1.807, 2.05) is 0 Å². The van der Waals surface area contributed by atoms with Gasteiger partial charge in [0.15, 0.2) is 18.9 Å². The molecule has 0 aromatic carbocycles. The fourth-order valence-electron chi connectivity index (χ4n) is 5.60. The van der Waals surface area contributed by atoms with E-state index < -0.39 is 123 Å². The number of hydrogen-bond donors (Lipinski definition) is 10. The van der Waals surface area contributed by atoms with E-state index in [-0.39, 0.29) is 52.8 Å². The van der Waals surface area contributed by atoms with Crippen LogP contribution < -0.4 is 10.6 Å². The highest BCUT2D eigenvalue weighted by molar-refractivity contribution is 5.81. The lowest BCUT2D eigenvalue weighted by atomic mass is 9.95. The van der Waals surface area contributed by atoms with Crippen LogP contribution in [0.3, 0.4) is 0 Å². The lowest BCUT2D eigenvalue weighted by molar-refractivity contribution is -0.385. The Morgan fingerprint density at radius 3 is 1.76 bits per heavy atom. The number of carbonyl (C=O) groups is 2. The zero-order chi connectivity index (χ0) is 40.2. The van der Waals surface area contributed by atoms with E-state index in [1.54, 1.807) is 5.32 Å². The van der Waals surface area contributed by atoms with Crippen molar-refractivity contribution in [3.05, 3.63) is 0 Å². The number of aliphatic hydroxyl groups excluding tert-OH is 8. The van der Waals surface area contributed by atoms with Crippen LogP contribution in [0, 0.1) is 0 Å². The van der Waals surface area contributed by atoms with E-state index in [9.17, 15) is 63.6 Å². The summed E-state index contributed by atoms with van der Waals surface area (Å²) < 4.78 is 87.0. The summed E-state index contributed by atoms with van der Waals surface area (Å²) in [6.07, 6.45) is -27.3. The van der Waals surface area contributed by atoms with Crippen LogP contribution in [0.15, 0.2) is 0 Å². The Morgan fingerprint density at radius 2 is 1.19 bits per heavy atom. The minimum atomic E-state index is -4.98. The largest absolute Gasteiger partial charge is 0.471 e. The number of carbonyl (C=O) groups excluding carboxylic acids is 2. The summed E-state index contributed by atoms with van der Waals surface area (Å²) in [5.41, 5.74) is 0. The number of halogens is 3. The summed E-state index contributed by atoms with van der Waals surface area (Å²) >= 11 is 0. The van der Waals surface area contributed by atoms with E-state index in [0.717, 1.165) is 6.92 Å². The molecule has 0 saturated carbocycles. The van der Waals surface area contributed by atoms with Gasteiger partial charge in [0.05, 0.1) is 65.6 Å². The van der Waals surface area contributed by atoms with Gasteiger partial charge >= 0.3 is 12.1 Å². The van der Waals surface area contributed by atoms with Crippen molar-refractivity contribution >= 4 is 11.8 Å². The molecule has 3 aliphatic heterocycles. The van der Waals surface area contributed by atoms with E-state index in [2.05, 4.69) is 5.32 Å². The summed E-state index contributed by atoms with van der Waals surface area (Å²) in [6, 6.07) is -1.47. The van der Waals surface area contributed by atoms with Crippen LogP contribution in [-0.2, 0) is 52.2 Å². The standard InChI is InChI=1S/C30H51F3N2O19/c1-13-18(39)22(43)23(44)27(50-13)54-25-24(53-26-17(35-14(2)38)21(42)19(40)15(11-36)51-26)20(41)16(12-37)52-28(25)49-10-9-48-8-7-47-6-5-46-4-3-34-29(45)30(31,32)33/h13,15-28,36-37,39-44H,3-12H2,1-2H3,(H,34,45)(H,35,38). The molecular weight excluding hydrogens is 749 g/mol. The van der Waals surface area contributed by atoms with Crippen molar-refractivity contribution in [3.8, 4) is 0 Å². The maximum Gasteiger partial charge on any atom is 0.471 e. The Balaban J connectivity index is 1.63. The molecule has 2 amide bonds. The van der Waals surface area contributed by atoms with Gasteiger partial charge in [-0.3, -0.25) is 9.59 Å². The molecule has 3 heterocycles. The minimum absolute atomic E-state index is 0.0261. The topological polar surface area (TPSA) is 303 Å². The Kier molecular flexibility index (Phi) is 19.0. The average molecular weight is 801 g/mol. The van der Waals surface area contributed by atoms with Gasteiger partial charge in [0.2, 0.25) is 5.91 Å². The molecule has 0 aromatic heterocycles. The molecule has 21 nitrogen and oxygen atoms in total. The van der Waals surface area contributed by atoms with Gasteiger partial charge in [-0.15, -0.1) is 0 Å². The molecule has 54 heavy (non-hydrogen) atoms. The third kappa shape index (κ3) is 13.1. The van der Waals surface area contributed by atoms with Crippen molar-refractivity contribution in [3.63, 3.8) is 0 Å². The lowest BCUT2D eigenvalue weighted by Gasteiger charge is -2.49. The molecule has 3 rings (SSSR count). The van der Waals surface area contributed by atoms with Crippen LogP contribution in [0.5, 0.6) is 0 Å². The molecule has 0 bridgehead atoms. The molecular formula is C30H51F3N2O19. The Morgan fingerprint density at radius 1 is 0.648 bits per heavy atom. The summed E-state index contributed by atoms with van der Waals surface area (Å²) in [6.45, 7) is 0.298. The van der Waals surface area contributed by atoms with E-state index >= 15 is 0 Å². The number of alkyl halides is 3. The molecule has 10 N–H and O–H groups in total. The Bertz CT molecular complexity index is 1130. The predicted octanol–water partition coefficient (Wildman–Crippen LogP) is -5.65. The normalized spacial score (nSPS) is 37.5. The van der Waals surface area contributed by atoms with Gasteiger partial charge in [-0.1, -0.05) is 0 Å². The van der Waals surface area contributed by atoms with Crippen molar-refractivity contribution in [2.75, 3.05) is 66.0 Å². The number of aliphatic hydroxyl groups is 8. The number of amides is 2. The monoisotopic (exact) mass is 800 g/mol. The van der Waals surface area contributed by atoms with Crippen molar-refractivity contribution < 1.29 is 106 Å².